The molecule has 0 N–H and O–H groups in total. The van der Waals surface area contributed by atoms with Gasteiger partial charge >= 0.3 is 6.18 Å². The molecule has 0 atom stereocenters. The summed E-state index contributed by atoms with van der Waals surface area (Å²) in [5.41, 5.74) is -0.627. The third kappa shape index (κ3) is 1.48. The summed E-state index contributed by atoms with van der Waals surface area (Å²) in [6.45, 7) is 0. The SMILES string of the molecule is FC(F)(F)c1ccc(Cl)c2sccc12. The van der Waals surface area contributed by atoms with E-state index in [4.69, 9.17) is 11.6 Å². The first-order valence-corrected chi connectivity index (χ1v) is 4.99. The molecule has 0 amide bonds. The van der Waals surface area contributed by atoms with Crippen LogP contribution in [0.5, 0.6) is 0 Å². The van der Waals surface area contributed by atoms with Crippen LogP contribution < -0.4 is 0 Å². The van der Waals surface area contributed by atoms with Crippen LogP contribution in [0.4, 0.5) is 13.2 Å². The van der Waals surface area contributed by atoms with Crippen molar-refractivity contribution in [2.75, 3.05) is 0 Å². The zero-order chi connectivity index (χ0) is 10.3. The van der Waals surface area contributed by atoms with Gasteiger partial charge in [0.05, 0.1) is 15.3 Å². The molecular formula is C9H4ClF3S. The minimum atomic E-state index is -4.32. The van der Waals surface area contributed by atoms with E-state index in [9.17, 15) is 13.2 Å². The summed E-state index contributed by atoms with van der Waals surface area (Å²) < 4.78 is 38.0. The van der Waals surface area contributed by atoms with Gasteiger partial charge in [0, 0.05) is 5.39 Å². The number of halogens is 4. The van der Waals surface area contributed by atoms with Crippen LogP contribution in [-0.2, 0) is 6.18 Å². The molecule has 0 unspecified atom stereocenters. The van der Waals surface area contributed by atoms with Crippen LogP contribution in [0.1, 0.15) is 5.56 Å². The van der Waals surface area contributed by atoms with Crippen LogP contribution in [0.2, 0.25) is 5.02 Å². The third-order valence-electron chi connectivity index (χ3n) is 1.87. The lowest BCUT2D eigenvalue weighted by atomic mass is 10.1. The molecule has 2 aromatic rings. The Morgan fingerprint density at radius 3 is 2.50 bits per heavy atom. The summed E-state index contributed by atoms with van der Waals surface area (Å²) in [6.07, 6.45) is -4.32. The Balaban J connectivity index is 2.80. The van der Waals surface area contributed by atoms with Gasteiger partial charge in [-0.25, -0.2) is 0 Å². The fourth-order valence-electron chi connectivity index (χ4n) is 1.28. The van der Waals surface area contributed by atoms with Gasteiger partial charge in [-0.3, -0.25) is 0 Å². The molecule has 0 aliphatic heterocycles. The van der Waals surface area contributed by atoms with E-state index in [1.54, 1.807) is 5.38 Å². The predicted molar refractivity (Wildman–Crippen MR) is 51.8 cm³/mol. The second-order valence-electron chi connectivity index (χ2n) is 2.76. The van der Waals surface area contributed by atoms with E-state index < -0.39 is 11.7 Å². The van der Waals surface area contributed by atoms with Crippen molar-refractivity contribution in [1.29, 1.82) is 0 Å². The summed E-state index contributed by atoms with van der Waals surface area (Å²) in [5.74, 6) is 0. The normalized spacial score (nSPS) is 12.3. The first-order valence-electron chi connectivity index (χ1n) is 3.73. The molecule has 0 spiro atoms. The van der Waals surface area contributed by atoms with Gasteiger partial charge in [-0.15, -0.1) is 11.3 Å². The Kier molecular flexibility index (Phi) is 2.20. The lowest BCUT2D eigenvalue weighted by Crippen LogP contribution is -2.04. The number of fused-ring (bicyclic) bond motifs is 1. The Hall–Kier alpha value is -0.740. The van der Waals surface area contributed by atoms with Crippen molar-refractivity contribution in [2.45, 2.75) is 6.18 Å². The van der Waals surface area contributed by atoms with Crippen LogP contribution >= 0.6 is 22.9 Å². The molecule has 0 radical (unpaired) electrons. The number of hydrogen-bond donors (Lipinski definition) is 0. The maximum atomic E-state index is 12.5. The van der Waals surface area contributed by atoms with Crippen molar-refractivity contribution in [3.8, 4) is 0 Å². The number of thiophene rings is 1. The van der Waals surface area contributed by atoms with E-state index >= 15 is 0 Å². The van der Waals surface area contributed by atoms with Gasteiger partial charge in [-0.2, -0.15) is 13.2 Å². The Bertz CT molecular complexity index is 472. The Morgan fingerprint density at radius 2 is 1.86 bits per heavy atom. The number of rotatable bonds is 0. The molecule has 74 valence electrons. The summed E-state index contributed by atoms with van der Waals surface area (Å²) >= 11 is 6.98. The van der Waals surface area contributed by atoms with Crippen molar-refractivity contribution in [1.82, 2.24) is 0 Å². The predicted octanol–water partition coefficient (Wildman–Crippen LogP) is 4.57. The van der Waals surface area contributed by atoms with Crippen molar-refractivity contribution in [3.63, 3.8) is 0 Å². The van der Waals surface area contributed by atoms with Gasteiger partial charge in [0.25, 0.3) is 0 Å². The molecule has 0 nitrogen and oxygen atoms in total. The Labute approximate surface area is 86.9 Å². The second-order valence-corrected chi connectivity index (χ2v) is 4.08. The molecule has 0 aliphatic carbocycles. The van der Waals surface area contributed by atoms with E-state index in [1.165, 1.54) is 23.5 Å². The zero-order valence-corrected chi connectivity index (χ0v) is 8.30. The molecule has 0 fully saturated rings. The molecule has 0 saturated heterocycles. The average Bonchev–Trinajstić information content (AvgIpc) is 2.50. The van der Waals surface area contributed by atoms with E-state index in [1.807, 2.05) is 0 Å². The molecule has 1 aromatic heterocycles. The van der Waals surface area contributed by atoms with Gasteiger partial charge in [0.1, 0.15) is 0 Å². The van der Waals surface area contributed by atoms with Crippen molar-refractivity contribution in [3.05, 3.63) is 34.2 Å². The second kappa shape index (κ2) is 3.14. The van der Waals surface area contributed by atoms with Crippen molar-refractivity contribution in [2.24, 2.45) is 0 Å². The first-order chi connectivity index (χ1) is 6.50. The van der Waals surface area contributed by atoms with E-state index in [2.05, 4.69) is 0 Å². The van der Waals surface area contributed by atoms with Gasteiger partial charge in [-0.1, -0.05) is 11.6 Å². The number of hydrogen-bond acceptors (Lipinski definition) is 1. The monoisotopic (exact) mass is 236 g/mol. The summed E-state index contributed by atoms with van der Waals surface area (Å²) in [7, 11) is 0. The largest absolute Gasteiger partial charge is 0.417 e. The van der Waals surface area contributed by atoms with Gasteiger partial charge in [0.2, 0.25) is 0 Å². The molecule has 5 heteroatoms. The molecule has 14 heavy (non-hydrogen) atoms. The van der Waals surface area contributed by atoms with E-state index in [-0.39, 0.29) is 5.39 Å². The topological polar surface area (TPSA) is 0 Å². The molecule has 0 saturated carbocycles. The quantitative estimate of drug-likeness (QED) is 0.628. The maximum Gasteiger partial charge on any atom is 0.417 e. The highest BCUT2D eigenvalue weighted by atomic mass is 35.5. The van der Waals surface area contributed by atoms with Crippen molar-refractivity contribution >= 4 is 33.0 Å². The minimum Gasteiger partial charge on any atom is -0.166 e. The van der Waals surface area contributed by atoms with Crippen LogP contribution in [0, 0.1) is 0 Å². The molecule has 2 rings (SSSR count). The Morgan fingerprint density at radius 1 is 1.14 bits per heavy atom. The van der Waals surface area contributed by atoms with Gasteiger partial charge < -0.3 is 0 Å². The zero-order valence-electron chi connectivity index (χ0n) is 6.73. The van der Waals surface area contributed by atoms with Crippen LogP contribution in [0.15, 0.2) is 23.6 Å². The van der Waals surface area contributed by atoms with Crippen LogP contribution in [0.3, 0.4) is 0 Å². The molecular weight excluding hydrogens is 233 g/mol. The highest BCUT2D eigenvalue weighted by Gasteiger charge is 2.32. The highest BCUT2D eigenvalue weighted by molar-refractivity contribution is 7.17. The molecule has 0 aliphatic rings. The smallest absolute Gasteiger partial charge is 0.166 e. The van der Waals surface area contributed by atoms with Crippen LogP contribution in [0.25, 0.3) is 10.1 Å². The lowest BCUT2D eigenvalue weighted by Gasteiger charge is -2.08. The minimum absolute atomic E-state index is 0.176. The molecule has 1 aromatic carbocycles. The molecule has 0 bridgehead atoms. The average molecular weight is 237 g/mol. The fraction of sp³-hybridized carbons (Fsp3) is 0.111. The highest BCUT2D eigenvalue weighted by Crippen LogP contribution is 2.39. The summed E-state index contributed by atoms with van der Waals surface area (Å²) in [4.78, 5) is 0. The number of benzene rings is 1. The maximum absolute atomic E-state index is 12.5. The fourth-order valence-corrected chi connectivity index (χ4v) is 2.40. The van der Waals surface area contributed by atoms with Gasteiger partial charge in [0.15, 0.2) is 0 Å². The van der Waals surface area contributed by atoms with Crippen LogP contribution in [-0.4, -0.2) is 0 Å². The molecule has 1 heterocycles. The van der Waals surface area contributed by atoms with E-state index in [0.29, 0.717) is 9.72 Å². The summed E-state index contributed by atoms with van der Waals surface area (Å²) in [5, 5.41) is 2.14. The lowest BCUT2D eigenvalue weighted by molar-refractivity contribution is -0.136. The number of alkyl halides is 3. The summed E-state index contributed by atoms with van der Waals surface area (Å²) in [6, 6.07) is 3.73. The standard InChI is InChI=1S/C9H4ClF3S/c10-7-2-1-6(9(11,12)13)5-3-4-14-8(5)7/h1-4H. The first kappa shape index (κ1) is 9.80. The van der Waals surface area contributed by atoms with Gasteiger partial charge in [-0.05, 0) is 23.6 Å². The third-order valence-corrected chi connectivity index (χ3v) is 3.25. The van der Waals surface area contributed by atoms with Crippen molar-refractivity contribution < 1.29 is 13.2 Å². The van der Waals surface area contributed by atoms with E-state index in [0.717, 1.165) is 6.07 Å².